The largest absolute Gasteiger partial charge is 0.375 e. The third kappa shape index (κ3) is 3.83. The molecule has 2 atom stereocenters. The number of rotatable bonds is 5. The monoisotopic (exact) mass is 401 g/mol. The Hall–Kier alpha value is -2.58. The Bertz CT molecular complexity index is 905. The van der Waals surface area contributed by atoms with Gasteiger partial charge in [-0.2, -0.15) is 5.10 Å². The highest BCUT2D eigenvalue weighted by atomic mass is 32.1. The summed E-state index contributed by atoms with van der Waals surface area (Å²) in [4.78, 5) is 4.41. The van der Waals surface area contributed by atoms with Crippen LogP contribution < -0.4 is 16.1 Å². The number of likely N-dealkylation sites (tertiary alicyclic amines) is 1. The fourth-order valence-corrected chi connectivity index (χ4v) is 4.14. The molecule has 2 aromatic rings. The summed E-state index contributed by atoms with van der Waals surface area (Å²) in [6.07, 6.45) is 2.13. The Morgan fingerprint density at radius 1 is 1.18 bits per heavy atom. The first-order valence-electron chi connectivity index (χ1n) is 9.13. The van der Waals surface area contributed by atoms with Crippen LogP contribution in [0.25, 0.3) is 0 Å². The number of nitrogens with zero attached hydrogens (tertiary/aromatic N) is 3. The summed E-state index contributed by atoms with van der Waals surface area (Å²) < 4.78 is 29.1. The van der Waals surface area contributed by atoms with E-state index in [1.165, 1.54) is 17.8 Å². The Kier molecular flexibility index (Phi) is 5.23. The fraction of sp³-hybridized carbons (Fsp3) is 0.300. The van der Waals surface area contributed by atoms with Crippen molar-refractivity contribution in [3.63, 3.8) is 0 Å². The van der Waals surface area contributed by atoms with Crippen LogP contribution in [-0.4, -0.2) is 41.4 Å². The minimum atomic E-state index is -0.534. The maximum Gasteiger partial charge on any atom is 0.184 e. The van der Waals surface area contributed by atoms with E-state index < -0.39 is 11.6 Å². The molecular weight excluding hydrogens is 380 g/mol. The van der Waals surface area contributed by atoms with E-state index >= 15 is 0 Å². The van der Waals surface area contributed by atoms with Gasteiger partial charge in [0.25, 0.3) is 0 Å². The van der Waals surface area contributed by atoms with Gasteiger partial charge in [-0.25, -0.2) is 8.78 Å². The molecule has 0 aromatic heterocycles. The summed E-state index contributed by atoms with van der Waals surface area (Å²) in [5, 5.41) is 3.65. The lowest BCUT2D eigenvalue weighted by molar-refractivity contribution is 0.230. The molecule has 0 aliphatic carbocycles. The number of nitrogens with two attached hydrogens (primary N) is 1. The lowest BCUT2D eigenvalue weighted by atomic mass is 10.1. The van der Waals surface area contributed by atoms with Crippen LogP contribution in [0.4, 0.5) is 14.5 Å². The van der Waals surface area contributed by atoms with Crippen molar-refractivity contribution in [3.8, 4) is 0 Å². The second kappa shape index (κ2) is 7.81. The zero-order valence-corrected chi connectivity index (χ0v) is 16.0. The number of benzene rings is 2. The average Bonchev–Trinajstić information content (AvgIpc) is 3.25. The van der Waals surface area contributed by atoms with Gasteiger partial charge in [0.2, 0.25) is 0 Å². The van der Waals surface area contributed by atoms with Gasteiger partial charge in [0.1, 0.15) is 11.6 Å². The first kappa shape index (κ1) is 18.8. The van der Waals surface area contributed by atoms with Gasteiger partial charge in [-0.1, -0.05) is 30.3 Å². The van der Waals surface area contributed by atoms with E-state index in [1.54, 1.807) is 0 Å². The molecule has 4 rings (SSSR count). The van der Waals surface area contributed by atoms with Crippen LogP contribution in [0.2, 0.25) is 0 Å². The lowest BCUT2D eigenvalue weighted by Gasteiger charge is -2.35. The lowest BCUT2D eigenvalue weighted by Crippen LogP contribution is -2.46. The molecule has 2 aliphatic heterocycles. The normalized spacial score (nSPS) is 21.6. The smallest absolute Gasteiger partial charge is 0.184 e. The number of nitrogens with one attached hydrogen (secondary N) is 1. The number of thiocarbonyl (C=S) groups is 1. The van der Waals surface area contributed by atoms with Gasteiger partial charge in [0, 0.05) is 43.3 Å². The van der Waals surface area contributed by atoms with Gasteiger partial charge in [0.05, 0.1) is 11.9 Å². The predicted molar refractivity (Wildman–Crippen MR) is 110 cm³/mol. The SMILES string of the molecule is NC(=S)NN=Cc1cc(F)c(N2C[C@@H]3C[C@H]2CN3Cc2ccccc2)cc1F. The van der Waals surface area contributed by atoms with Crippen molar-refractivity contribution in [2.24, 2.45) is 10.8 Å². The van der Waals surface area contributed by atoms with E-state index in [-0.39, 0.29) is 16.7 Å². The van der Waals surface area contributed by atoms with E-state index in [1.807, 2.05) is 23.1 Å². The number of hydrogen-bond acceptors (Lipinski definition) is 4. The molecule has 0 unspecified atom stereocenters. The molecule has 146 valence electrons. The third-order valence-electron chi connectivity index (χ3n) is 5.34. The Morgan fingerprint density at radius 3 is 2.64 bits per heavy atom. The van der Waals surface area contributed by atoms with Gasteiger partial charge in [-0.15, -0.1) is 0 Å². The summed E-state index contributed by atoms with van der Waals surface area (Å²) in [7, 11) is 0. The van der Waals surface area contributed by atoms with Gasteiger partial charge in [0.15, 0.2) is 5.11 Å². The van der Waals surface area contributed by atoms with Crippen LogP contribution in [0, 0.1) is 11.6 Å². The van der Waals surface area contributed by atoms with Crippen LogP contribution >= 0.6 is 12.2 Å². The van der Waals surface area contributed by atoms with E-state index in [9.17, 15) is 8.78 Å². The molecule has 2 fully saturated rings. The number of hydrogen-bond donors (Lipinski definition) is 2. The number of fused-ring (bicyclic) bond motifs is 2. The number of piperazine rings is 1. The van der Waals surface area contributed by atoms with Gasteiger partial charge in [-0.05, 0) is 30.3 Å². The maximum atomic E-state index is 14.7. The summed E-state index contributed by atoms with van der Waals surface area (Å²) in [5.74, 6) is -0.992. The van der Waals surface area contributed by atoms with Crippen molar-refractivity contribution in [3.05, 3.63) is 65.2 Å². The number of halogens is 2. The standard InChI is InChI=1S/C20H21F2N5S/c21-17-8-19(18(22)6-14(17)9-24-25-20(23)28)27-12-15-7-16(27)11-26(15)10-13-4-2-1-3-5-13/h1-6,8-9,15-16H,7,10-12H2,(H3,23,25,28)/t15-,16-/m0/s1. The van der Waals surface area contributed by atoms with Crippen LogP contribution in [-0.2, 0) is 6.54 Å². The summed E-state index contributed by atoms with van der Waals surface area (Å²) >= 11 is 4.62. The Labute approximate surface area is 167 Å². The first-order chi connectivity index (χ1) is 13.5. The van der Waals surface area contributed by atoms with E-state index in [0.717, 1.165) is 25.6 Å². The molecule has 0 amide bonds. The highest BCUT2D eigenvalue weighted by Gasteiger charge is 2.43. The molecule has 0 saturated carbocycles. The summed E-state index contributed by atoms with van der Waals surface area (Å²) in [6.45, 7) is 2.43. The topological polar surface area (TPSA) is 56.9 Å². The van der Waals surface area contributed by atoms with E-state index in [0.29, 0.717) is 18.3 Å². The molecule has 5 nitrogen and oxygen atoms in total. The Morgan fingerprint density at radius 2 is 1.96 bits per heavy atom. The van der Waals surface area contributed by atoms with Crippen LogP contribution in [0.1, 0.15) is 17.5 Å². The van der Waals surface area contributed by atoms with Crippen LogP contribution in [0.3, 0.4) is 0 Å². The number of anilines is 1. The van der Waals surface area contributed by atoms with Crippen molar-refractivity contribution < 1.29 is 8.78 Å². The van der Waals surface area contributed by atoms with Gasteiger partial charge in [-0.3, -0.25) is 10.3 Å². The van der Waals surface area contributed by atoms with E-state index in [2.05, 4.69) is 39.8 Å². The van der Waals surface area contributed by atoms with Crippen molar-refractivity contribution >= 4 is 29.2 Å². The minimum absolute atomic E-state index is 0.0399. The molecule has 2 aliphatic rings. The third-order valence-corrected chi connectivity index (χ3v) is 5.43. The van der Waals surface area contributed by atoms with Crippen molar-refractivity contribution in [2.75, 3.05) is 18.0 Å². The fourth-order valence-electron chi connectivity index (χ4n) is 4.09. The average molecular weight is 401 g/mol. The zero-order chi connectivity index (χ0) is 19.7. The molecule has 2 bridgehead atoms. The van der Waals surface area contributed by atoms with E-state index in [4.69, 9.17) is 5.73 Å². The highest BCUT2D eigenvalue weighted by Crippen LogP contribution is 2.37. The number of hydrazone groups is 1. The van der Waals surface area contributed by atoms with Gasteiger partial charge < -0.3 is 10.6 Å². The second-order valence-corrected chi connectivity index (χ2v) is 7.61. The first-order valence-corrected chi connectivity index (χ1v) is 9.54. The molecule has 28 heavy (non-hydrogen) atoms. The van der Waals surface area contributed by atoms with Crippen molar-refractivity contribution in [1.29, 1.82) is 0 Å². The molecule has 2 saturated heterocycles. The minimum Gasteiger partial charge on any atom is -0.375 e. The molecular formula is C20H21F2N5S. The van der Waals surface area contributed by atoms with Crippen LogP contribution in [0.15, 0.2) is 47.6 Å². The predicted octanol–water partition coefficient (Wildman–Crippen LogP) is 2.60. The second-order valence-electron chi connectivity index (χ2n) is 7.17. The Balaban J connectivity index is 1.46. The summed E-state index contributed by atoms with van der Waals surface area (Å²) in [5.41, 5.74) is 9.21. The van der Waals surface area contributed by atoms with Crippen molar-refractivity contribution in [2.45, 2.75) is 25.0 Å². The zero-order valence-electron chi connectivity index (χ0n) is 15.2. The molecule has 2 heterocycles. The molecule has 8 heteroatoms. The van der Waals surface area contributed by atoms with Gasteiger partial charge >= 0.3 is 0 Å². The quantitative estimate of drug-likeness (QED) is 0.458. The molecule has 0 radical (unpaired) electrons. The highest BCUT2D eigenvalue weighted by molar-refractivity contribution is 7.80. The summed E-state index contributed by atoms with van der Waals surface area (Å²) in [6, 6.07) is 13.3. The van der Waals surface area contributed by atoms with Crippen molar-refractivity contribution in [1.82, 2.24) is 10.3 Å². The molecule has 0 spiro atoms. The molecule has 2 aromatic carbocycles. The molecule has 3 N–H and O–H groups in total. The van der Waals surface area contributed by atoms with Crippen LogP contribution in [0.5, 0.6) is 0 Å². The maximum absolute atomic E-state index is 14.7.